The third-order valence-electron chi connectivity index (χ3n) is 2.42. The number of methoxy groups -OCH3 is 1. The van der Waals surface area contributed by atoms with E-state index in [1.807, 2.05) is 0 Å². The summed E-state index contributed by atoms with van der Waals surface area (Å²) in [7, 11) is 1.34. The summed E-state index contributed by atoms with van der Waals surface area (Å²) in [5.41, 5.74) is 1.16. The van der Waals surface area contributed by atoms with E-state index in [1.165, 1.54) is 7.11 Å². The molecule has 0 saturated heterocycles. The van der Waals surface area contributed by atoms with Gasteiger partial charge < -0.3 is 19.9 Å². The number of benzene rings is 1. The lowest BCUT2D eigenvalue weighted by atomic mass is 10.1. The monoisotopic (exact) mass is 223 g/mol. The molecule has 0 aliphatic carbocycles. The number of hydrogen-bond acceptors (Lipinski definition) is 5. The van der Waals surface area contributed by atoms with Crippen molar-refractivity contribution in [1.29, 1.82) is 0 Å². The van der Waals surface area contributed by atoms with Crippen LogP contribution in [0.3, 0.4) is 0 Å². The molecule has 1 heterocycles. The first kappa shape index (κ1) is 10.8. The average Bonchev–Trinajstić information content (AvgIpc) is 2.36. The van der Waals surface area contributed by atoms with Crippen LogP contribution < -0.4 is 10.1 Å². The lowest BCUT2D eigenvalue weighted by molar-refractivity contribution is 0.0600. The highest BCUT2D eigenvalue weighted by Crippen LogP contribution is 2.29. The number of carbonyl (C=O) groups excluding carboxylic acids is 1. The van der Waals surface area contributed by atoms with Crippen molar-refractivity contribution in [2.45, 2.75) is 6.04 Å². The maximum atomic E-state index is 11.3. The third kappa shape index (κ3) is 1.94. The van der Waals surface area contributed by atoms with Gasteiger partial charge in [0.05, 0.1) is 31.0 Å². The maximum absolute atomic E-state index is 11.3. The topological polar surface area (TPSA) is 67.8 Å². The Morgan fingerprint density at radius 2 is 2.50 bits per heavy atom. The van der Waals surface area contributed by atoms with Gasteiger partial charge in [0.1, 0.15) is 12.4 Å². The van der Waals surface area contributed by atoms with Gasteiger partial charge in [0.15, 0.2) is 0 Å². The van der Waals surface area contributed by atoms with Crippen LogP contribution in [0.15, 0.2) is 18.2 Å². The molecule has 2 rings (SSSR count). The molecule has 1 unspecified atom stereocenters. The second kappa shape index (κ2) is 4.40. The van der Waals surface area contributed by atoms with Crippen LogP contribution in [0.5, 0.6) is 5.75 Å². The first-order valence-electron chi connectivity index (χ1n) is 4.97. The van der Waals surface area contributed by atoms with Crippen LogP contribution in [-0.4, -0.2) is 37.4 Å². The number of carbonyl (C=O) groups is 1. The number of hydrogen-bond donors (Lipinski definition) is 2. The van der Waals surface area contributed by atoms with E-state index in [0.29, 0.717) is 23.6 Å². The fourth-order valence-corrected chi connectivity index (χ4v) is 1.56. The molecule has 0 bridgehead atoms. The van der Waals surface area contributed by atoms with Crippen molar-refractivity contribution in [3.05, 3.63) is 23.8 Å². The molecule has 0 fully saturated rings. The standard InChI is InChI=1S/C11H13NO4/c1-15-11(14)7-2-3-10-9(4-7)12-8(5-13)6-16-10/h2-4,8,12-13H,5-6H2,1H3. The molecule has 1 atom stereocenters. The molecule has 0 saturated carbocycles. The van der Waals surface area contributed by atoms with Crippen LogP contribution in [-0.2, 0) is 4.74 Å². The molecular formula is C11H13NO4. The van der Waals surface area contributed by atoms with Gasteiger partial charge in [0.25, 0.3) is 0 Å². The summed E-state index contributed by atoms with van der Waals surface area (Å²) in [6.45, 7) is 0.406. The fourth-order valence-electron chi connectivity index (χ4n) is 1.56. The van der Waals surface area contributed by atoms with E-state index in [0.717, 1.165) is 0 Å². The van der Waals surface area contributed by atoms with Gasteiger partial charge in [-0.05, 0) is 18.2 Å². The fraction of sp³-hybridized carbons (Fsp3) is 0.364. The van der Waals surface area contributed by atoms with Gasteiger partial charge >= 0.3 is 5.97 Å². The van der Waals surface area contributed by atoms with Crippen molar-refractivity contribution < 1.29 is 19.4 Å². The predicted molar refractivity (Wildman–Crippen MR) is 57.8 cm³/mol. The number of aliphatic hydroxyl groups is 1. The van der Waals surface area contributed by atoms with Crippen LogP contribution in [0.2, 0.25) is 0 Å². The van der Waals surface area contributed by atoms with Crippen molar-refractivity contribution in [2.75, 3.05) is 25.6 Å². The predicted octanol–water partition coefficient (Wildman–Crippen LogP) is 0.638. The summed E-state index contributed by atoms with van der Waals surface area (Å²) in [4.78, 5) is 11.3. The zero-order valence-corrected chi connectivity index (χ0v) is 8.90. The largest absolute Gasteiger partial charge is 0.489 e. The normalized spacial score (nSPS) is 18.0. The number of rotatable bonds is 2. The molecule has 5 nitrogen and oxygen atoms in total. The number of aliphatic hydroxyl groups excluding tert-OH is 1. The molecule has 0 aromatic heterocycles. The van der Waals surface area contributed by atoms with Gasteiger partial charge in [-0.25, -0.2) is 4.79 Å². The van der Waals surface area contributed by atoms with Gasteiger partial charge in [-0.2, -0.15) is 0 Å². The van der Waals surface area contributed by atoms with E-state index < -0.39 is 5.97 Å². The third-order valence-corrected chi connectivity index (χ3v) is 2.42. The lowest BCUT2D eigenvalue weighted by Gasteiger charge is -2.26. The molecule has 1 aliphatic heterocycles. The van der Waals surface area contributed by atoms with Crippen LogP contribution in [0, 0.1) is 0 Å². The Hall–Kier alpha value is -1.75. The quantitative estimate of drug-likeness (QED) is 0.720. The van der Waals surface area contributed by atoms with Crippen LogP contribution >= 0.6 is 0 Å². The summed E-state index contributed by atoms with van der Waals surface area (Å²) in [6, 6.07) is 4.87. The van der Waals surface area contributed by atoms with Gasteiger partial charge in [-0.3, -0.25) is 0 Å². The molecule has 0 spiro atoms. The molecule has 0 amide bonds. The summed E-state index contributed by atoms with van der Waals surface area (Å²) in [6.07, 6.45) is 0. The van der Waals surface area contributed by atoms with E-state index in [2.05, 4.69) is 10.1 Å². The Morgan fingerprint density at radius 1 is 1.69 bits per heavy atom. The summed E-state index contributed by atoms with van der Waals surface area (Å²) in [5.74, 6) is 0.285. The molecule has 1 aliphatic rings. The van der Waals surface area contributed by atoms with E-state index in [1.54, 1.807) is 18.2 Å². The molecule has 86 valence electrons. The Kier molecular flexibility index (Phi) is 2.96. The minimum absolute atomic E-state index is 0.0120. The van der Waals surface area contributed by atoms with Gasteiger partial charge in [0.2, 0.25) is 0 Å². The molecule has 0 radical (unpaired) electrons. The first-order valence-corrected chi connectivity index (χ1v) is 4.97. The summed E-state index contributed by atoms with van der Waals surface area (Å²) in [5, 5.41) is 12.1. The Morgan fingerprint density at radius 3 is 3.19 bits per heavy atom. The van der Waals surface area contributed by atoms with Crippen molar-refractivity contribution >= 4 is 11.7 Å². The molecular weight excluding hydrogens is 210 g/mol. The highest BCUT2D eigenvalue weighted by atomic mass is 16.5. The second-order valence-corrected chi connectivity index (χ2v) is 3.54. The van der Waals surface area contributed by atoms with Crippen LogP contribution in [0.4, 0.5) is 5.69 Å². The average molecular weight is 223 g/mol. The maximum Gasteiger partial charge on any atom is 0.337 e. The number of ether oxygens (including phenoxy) is 2. The van der Waals surface area contributed by atoms with Crippen molar-refractivity contribution in [1.82, 2.24) is 0 Å². The van der Waals surface area contributed by atoms with Crippen molar-refractivity contribution in [2.24, 2.45) is 0 Å². The molecule has 1 aromatic carbocycles. The number of esters is 1. The second-order valence-electron chi connectivity index (χ2n) is 3.54. The molecule has 16 heavy (non-hydrogen) atoms. The van der Waals surface area contributed by atoms with Gasteiger partial charge in [-0.1, -0.05) is 0 Å². The van der Waals surface area contributed by atoms with E-state index in [9.17, 15) is 4.79 Å². The van der Waals surface area contributed by atoms with Crippen molar-refractivity contribution in [3.63, 3.8) is 0 Å². The Bertz CT molecular complexity index is 405. The van der Waals surface area contributed by atoms with Gasteiger partial charge in [0, 0.05) is 0 Å². The minimum atomic E-state index is -0.393. The number of nitrogens with one attached hydrogen (secondary N) is 1. The summed E-state index contributed by atoms with van der Waals surface area (Å²) < 4.78 is 10.0. The minimum Gasteiger partial charge on any atom is -0.489 e. The van der Waals surface area contributed by atoms with Crippen LogP contribution in [0.25, 0.3) is 0 Å². The lowest BCUT2D eigenvalue weighted by Crippen LogP contribution is -2.34. The zero-order chi connectivity index (χ0) is 11.5. The highest BCUT2D eigenvalue weighted by Gasteiger charge is 2.19. The van der Waals surface area contributed by atoms with Gasteiger partial charge in [-0.15, -0.1) is 0 Å². The SMILES string of the molecule is COC(=O)c1ccc2c(c1)NC(CO)CO2. The highest BCUT2D eigenvalue weighted by molar-refractivity contribution is 5.91. The Balaban J connectivity index is 2.27. The molecule has 2 N–H and O–H groups in total. The van der Waals surface area contributed by atoms with Crippen molar-refractivity contribution in [3.8, 4) is 5.75 Å². The Labute approximate surface area is 93.0 Å². The van der Waals surface area contributed by atoms with E-state index in [4.69, 9.17) is 9.84 Å². The van der Waals surface area contributed by atoms with E-state index >= 15 is 0 Å². The zero-order valence-electron chi connectivity index (χ0n) is 8.90. The number of fused-ring (bicyclic) bond motifs is 1. The molecule has 5 heteroatoms. The first-order chi connectivity index (χ1) is 7.74. The van der Waals surface area contributed by atoms with E-state index in [-0.39, 0.29) is 12.6 Å². The number of anilines is 1. The summed E-state index contributed by atoms with van der Waals surface area (Å²) >= 11 is 0. The van der Waals surface area contributed by atoms with Crippen LogP contribution in [0.1, 0.15) is 10.4 Å². The smallest absolute Gasteiger partial charge is 0.337 e. The molecule has 1 aromatic rings.